The fourth-order valence-corrected chi connectivity index (χ4v) is 3.12. The summed E-state index contributed by atoms with van der Waals surface area (Å²) in [6.45, 7) is 2.84. The Morgan fingerprint density at radius 1 is 1.32 bits per heavy atom. The van der Waals surface area contributed by atoms with Crippen LogP contribution in [0.15, 0.2) is 0 Å². The Morgan fingerprint density at radius 3 is 2.74 bits per heavy atom. The molecule has 5 heteroatoms. The van der Waals surface area contributed by atoms with Crippen molar-refractivity contribution in [2.75, 3.05) is 33.2 Å². The van der Waals surface area contributed by atoms with E-state index in [-0.39, 0.29) is 12.1 Å². The molecule has 1 unspecified atom stereocenters. The molecule has 0 spiro atoms. The minimum atomic E-state index is -0.347. The van der Waals surface area contributed by atoms with Gasteiger partial charge < -0.3 is 20.2 Å². The molecule has 1 heterocycles. The number of β-amino-alcohol motifs (C(OH)–C–C–N with tert-alkyl or cyclic N) is 1. The minimum Gasteiger partial charge on any atom is -0.391 e. The molecule has 1 atom stereocenters. The topological polar surface area (TPSA) is 55.8 Å². The lowest BCUT2D eigenvalue weighted by Crippen LogP contribution is -2.48. The first-order valence-electron chi connectivity index (χ1n) is 7.58. The van der Waals surface area contributed by atoms with Crippen LogP contribution < -0.4 is 5.32 Å². The predicted octanol–water partition coefficient (Wildman–Crippen LogP) is 1.03. The molecule has 1 aliphatic heterocycles. The first kappa shape index (κ1) is 14.6. The molecular weight excluding hydrogens is 242 g/mol. The molecule has 2 aliphatic rings. The number of nitrogens with one attached hydrogen (secondary N) is 1. The molecule has 19 heavy (non-hydrogen) atoms. The number of carbonyl (C=O) groups excluding carboxylic acids is 1. The number of nitrogens with zero attached hydrogens (tertiary/aromatic N) is 2. The van der Waals surface area contributed by atoms with Crippen molar-refractivity contribution in [1.29, 1.82) is 0 Å². The van der Waals surface area contributed by atoms with Gasteiger partial charge in [0.05, 0.1) is 6.10 Å². The van der Waals surface area contributed by atoms with Gasteiger partial charge in [-0.1, -0.05) is 12.8 Å². The molecule has 1 saturated heterocycles. The SMILES string of the molecule is CN(CCNC(=O)N1CCCC(O)C1)C1CCCC1. The standard InChI is InChI=1S/C14H27N3O2/c1-16(12-5-2-3-6-12)10-8-15-14(19)17-9-4-7-13(18)11-17/h12-13,18H,2-11H2,1H3,(H,15,19). The molecule has 0 aromatic heterocycles. The van der Waals surface area contributed by atoms with Crippen molar-refractivity contribution in [3.05, 3.63) is 0 Å². The molecule has 2 rings (SSSR count). The van der Waals surface area contributed by atoms with Crippen molar-refractivity contribution in [3.8, 4) is 0 Å². The van der Waals surface area contributed by atoms with E-state index in [1.807, 2.05) is 0 Å². The van der Waals surface area contributed by atoms with E-state index < -0.39 is 0 Å². The van der Waals surface area contributed by atoms with Gasteiger partial charge in [0.25, 0.3) is 0 Å². The maximum absolute atomic E-state index is 11.9. The summed E-state index contributed by atoms with van der Waals surface area (Å²) in [5.41, 5.74) is 0. The molecule has 1 aliphatic carbocycles. The highest BCUT2D eigenvalue weighted by molar-refractivity contribution is 5.74. The van der Waals surface area contributed by atoms with Crippen LogP contribution in [0.5, 0.6) is 0 Å². The van der Waals surface area contributed by atoms with E-state index in [1.165, 1.54) is 25.7 Å². The van der Waals surface area contributed by atoms with Gasteiger partial charge in [0.15, 0.2) is 0 Å². The van der Waals surface area contributed by atoms with Crippen molar-refractivity contribution in [3.63, 3.8) is 0 Å². The maximum atomic E-state index is 11.9. The number of hydrogen-bond donors (Lipinski definition) is 2. The number of urea groups is 1. The summed E-state index contributed by atoms with van der Waals surface area (Å²) in [5, 5.41) is 12.5. The summed E-state index contributed by atoms with van der Waals surface area (Å²) >= 11 is 0. The smallest absolute Gasteiger partial charge is 0.317 e. The van der Waals surface area contributed by atoms with Gasteiger partial charge in [-0.05, 0) is 32.7 Å². The van der Waals surface area contributed by atoms with E-state index in [1.54, 1.807) is 4.90 Å². The summed E-state index contributed by atoms with van der Waals surface area (Å²) in [6, 6.07) is 0.673. The number of amides is 2. The van der Waals surface area contributed by atoms with Crippen molar-refractivity contribution >= 4 is 6.03 Å². The Bertz CT molecular complexity index is 292. The molecule has 0 aromatic carbocycles. The van der Waals surface area contributed by atoms with E-state index >= 15 is 0 Å². The van der Waals surface area contributed by atoms with E-state index in [2.05, 4.69) is 17.3 Å². The molecule has 0 bridgehead atoms. The number of piperidine rings is 1. The number of aliphatic hydroxyl groups excluding tert-OH is 1. The number of carbonyl (C=O) groups is 1. The highest BCUT2D eigenvalue weighted by Crippen LogP contribution is 2.21. The largest absolute Gasteiger partial charge is 0.391 e. The number of rotatable bonds is 4. The number of hydrogen-bond acceptors (Lipinski definition) is 3. The van der Waals surface area contributed by atoms with Gasteiger partial charge in [0.2, 0.25) is 0 Å². The average molecular weight is 269 g/mol. The normalized spacial score (nSPS) is 25.0. The lowest BCUT2D eigenvalue weighted by Gasteiger charge is -2.30. The zero-order valence-electron chi connectivity index (χ0n) is 12.0. The zero-order valence-corrected chi connectivity index (χ0v) is 12.0. The first-order valence-corrected chi connectivity index (χ1v) is 7.58. The third-order valence-electron chi connectivity index (χ3n) is 4.37. The van der Waals surface area contributed by atoms with E-state index in [0.717, 1.165) is 25.9 Å². The van der Waals surface area contributed by atoms with E-state index in [0.29, 0.717) is 19.1 Å². The van der Waals surface area contributed by atoms with Crippen LogP contribution >= 0.6 is 0 Å². The van der Waals surface area contributed by atoms with E-state index in [4.69, 9.17) is 0 Å². The third kappa shape index (κ3) is 4.35. The van der Waals surface area contributed by atoms with Crippen LogP contribution in [0.4, 0.5) is 4.79 Å². The third-order valence-corrected chi connectivity index (χ3v) is 4.37. The second kappa shape index (κ2) is 7.10. The van der Waals surface area contributed by atoms with Gasteiger partial charge in [-0.25, -0.2) is 4.79 Å². The monoisotopic (exact) mass is 269 g/mol. The maximum Gasteiger partial charge on any atom is 0.317 e. The van der Waals surface area contributed by atoms with Crippen LogP contribution in [-0.4, -0.2) is 66.3 Å². The Hall–Kier alpha value is -0.810. The lowest BCUT2D eigenvalue weighted by atomic mass is 10.1. The number of likely N-dealkylation sites (N-methyl/N-ethyl adjacent to an activating group) is 1. The van der Waals surface area contributed by atoms with Crippen LogP contribution in [-0.2, 0) is 0 Å². The minimum absolute atomic E-state index is 0.0291. The van der Waals surface area contributed by atoms with Crippen LogP contribution in [0.2, 0.25) is 0 Å². The predicted molar refractivity (Wildman–Crippen MR) is 75.1 cm³/mol. The van der Waals surface area contributed by atoms with Gasteiger partial charge in [-0.2, -0.15) is 0 Å². The molecule has 0 aromatic rings. The molecular formula is C14H27N3O2. The van der Waals surface area contributed by atoms with Gasteiger partial charge in [-0.15, -0.1) is 0 Å². The van der Waals surface area contributed by atoms with Crippen molar-refractivity contribution < 1.29 is 9.90 Å². The molecule has 2 amide bonds. The molecule has 2 fully saturated rings. The number of aliphatic hydroxyl groups is 1. The molecule has 2 N–H and O–H groups in total. The second-order valence-corrected chi connectivity index (χ2v) is 5.89. The average Bonchev–Trinajstić information content (AvgIpc) is 2.92. The summed E-state index contributed by atoms with van der Waals surface area (Å²) in [4.78, 5) is 16.0. The van der Waals surface area contributed by atoms with Crippen molar-refractivity contribution in [1.82, 2.24) is 15.1 Å². The Kier molecular flexibility index (Phi) is 5.45. The molecule has 0 radical (unpaired) electrons. The molecule has 110 valence electrons. The van der Waals surface area contributed by atoms with Crippen LogP contribution in [0.3, 0.4) is 0 Å². The van der Waals surface area contributed by atoms with Crippen LogP contribution in [0.25, 0.3) is 0 Å². The fourth-order valence-electron chi connectivity index (χ4n) is 3.12. The summed E-state index contributed by atoms with van der Waals surface area (Å²) in [5.74, 6) is 0. The number of likely N-dealkylation sites (tertiary alicyclic amines) is 1. The van der Waals surface area contributed by atoms with Gasteiger partial charge in [0.1, 0.15) is 0 Å². The van der Waals surface area contributed by atoms with Crippen LogP contribution in [0, 0.1) is 0 Å². The second-order valence-electron chi connectivity index (χ2n) is 5.89. The van der Waals surface area contributed by atoms with E-state index in [9.17, 15) is 9.90 Å². The zero-order chi connectivity index (χ0) is 13.7. The Labute approximate surface area is 115 Å². The Morgan fingerprint density at radius 2 is 2.05 bits per heavy atom. The van der Waals surface area contributed by atoms with Crippen molar-refractivity contribution in [2.24, 2.45) is 0 Å². The summed E-state index contributed by atoms with van der Waals surface area (Å²) in [6.07, 6.45) is 6.64. The highest BCUT2D eigenvalue weighted by atomic mass is 16.3. The van der Waals surface area contributed by atoms with Gasteiger partial charge in [0, 0.05) is 32.2 Å². The summed E-state index contributed by atoms with van der Waals surface area (Å²) in [7, 11) is 2.15. The Balaban J connectivity index is 1.63. The van der Waals surface area contributed by atoms with Crippen molar-refractivity contribution in [2.45, 2.75) is 50.7 Å². The fraction of sp³-hybridized carbons (Fsp3) is 0.929. The quantitative estimate of drug-likeness (QED) is 0.801. The highest BCUT2D eigenvalue weighted by Gasteiger charge is 2.22. The molecule has 1 saturated carbocycles. The van der Waals surface area contributed by atoms with Crippen LogP contribution in [0.1, 0.15) is 38.5 Å². The first-order chi connectivity index (χ1) is 9.16. The van der Waals surface area contributed by atoms with Gasteiger partial charge >= 0.3 is 6.03 Å². The lowest BCUT2D eigenvalue weighted by molar-refractivity contribution is 0.0840. The molecule has 5 nitrogen and oxygen atoms in total. The summed E-state index contributed by atoms with van der Waals surface area (Å²) < 4.78 is 0. The van der Waals surface area contributed by atoms with Gasteiger partial charge in [-0.3, -0.25) is 0 Å².